The van der Waals surface area contributed by atoms with Gasteiger partial charge in [0.1, 0.15) is 0 Å². The maximum absolute atomic E-state index is 11.8. The number of hydrazone groups is 1. The van der Waals surface area contributed by atoms with Crippen LogP contribution in [0.2, 0.25) is 0 Å². The van der Waals surface area contributed by atoms with Crippen LogP contribution in [0.5, 0.6) is 0 Å². The molecule has 96 valence electrons. The number of aromatic nitrogens is 1. The fourth-order valence-corrected chi connectivity index (χ4v) is 1.87. The van der Waals surface area contributed by atoms with E-state index < -0.39 is 0 Å². The first kappa shape index (κ1) is 13.4. The lowest BCUT2D eigenvalue weighted by Gasteiger charge is -2.03. The van der Waals surface area contributed by atoms with Crippen molar-refractivity contribution in [2.45, 2.75) is 6.92 Å². The molecule has 0 saturated heterocycles. The Morgan fingerprint density at radius 2 is 2.05 bits per heavy atom. The van der Waals surface area contributed by atoms with E-state index in [0.717, 1.165) is 15.7 Å². The van der Waals surface area contributed by atoms with Crippen LogP contribution in [0, 0.1) is 0 Å². The summed E-state index contributed by atoms with van der Waals surface area (Å²) in [4.78, 5) is 15.7. The normalized spacial score (nSPS) is 11.2. The molecule has 1 heterocycles. The Labute approximate surface area is 119 Å². The highest BCUT2D eigenvalue weighted by Crippen LogP contribution is 2.12. The number of halogens is 1. The monoisotopic (exact) mass is 317 g/mol. The second-order valence-electron chi connectivity index (χ2n) is 3.89. The van der Waals surface area contributed by atoms with Crippen LogP contribution in [0.3, 0.4) is 0 Å². The first-order valence-electron chi connectivity index (χ1n) is 5.67. The van der Waals surface area contributed by atoms with E-state index in [1.165, 1.54) is 6.20 Å². The molecule has 0 saturated carbocycles. The molecular formula is C14H12BrN3O. The number of benzene rings is 1. The third-order valence-corrected chi connectivity index (χ3v) is 2.98. The number of pyridine rings is 1. The molecule has 0 aliphatic carbocycles. The molecule has 1 amide bonds. The molecule has 2 rings (SSSR count). The Kier molecular flexibility index (Phi) is 4.41. The summed E-state index contributed by atoms with van der Waals surface area (Å²) < 4.78 is 0.970. The molecule has 0 fully saturated rings. The summed E-state index contributed by atoms with van der Waals surface area (Å²) in [7, 11) is 0. The van der Waals surface area contributed by atoms with Crippen molar-refractivity contribution in [3.8, 4) is 0 Å². The van der Waals surface area contributed by atoms with E-state index in [9.17, 15) is 4.79 Å². The highest BCUT2D eigenvalue weighted by atomic mass is 79.9. The molecule has 2 aromatic rings. The molecule has 0 aliphatic rings. The minimum atomic E-state index is -0.276. The van der Waals surface area contributed by atoms with Crippen LogP contribution in [-0.2, 0) is 0 Å². The third-order valence-electron chi connectivity index (χ3n) is 2.49. The van der Waals surface area contributed by atoms with Crippen LogP contribution >= 0.6 is 15.9 Å². The maximum Gasteiger partial charge on any atom is 0.272 e. The summed E-state index contributed by atoms with van der Waals surface area (Å²) in [5.74, 6) is -0.276. The molecule has 1 N–H and O–H groups in total. The van der Waals surface area contributed by atoms with E-state index in [1.54, 1.807) is 18.3 Å². The fraction of sp³-hybridized carbons (Fsp3) is 0.0714. The minimum absolute atomic E-state index is 0.276. The van der Waals surface area contributed by atoms with Crippen LogP contribution in [0.1, 0.15) is 22.8 Å². The van der Waals surface area contributed by atoms with E-state index in [1.807, 2.05) is 31.2 Å². The summed E-state index contributed by atoms with van der Waals surface area (Å²) >= 11 is 3.40. The van der Waals surface area contributed by atoms with E-state index in [-0.39, 0.29) is 5.91 Å². The van der Waals surface area contributed by atoms with Gasteiger partial charge in [-0.2, -0.15) is 5.10 Å². The predicted octanol–water partition coefficient (Wildman–Crippen LogP) is 3.00. The first-order chi connectivity index (χ1) is 9.16. The molecule has 0 radical (unpaired) electrons. The largest absolute Gasteiger partial charge is 0.272 e. The van der Waals surface area contributed by atoms with Gasteiger partial charge in [-0.25, -0.2) is 5.43 Å². The number of carbonyl (C=O) groups is 1. The van der Waals surface area contributed by atoms with Gasteiger partial charge in [0.15, 0.2) is 0 Å². The SMILES string of the molecule is CC(=NNC(=O)c1cccnc1)c1cccc(Br)c1. The highest BCUT2D eigenvalue weighted by molar-refractivity contribution is 9.10. The topological polar surface area (TPSA) is 54.4 Å². The van der Waals surface area contributed by atoms with Gasteiger partial charge in [0, 0.05) is 16.9 Å². The highest BCUT2D eigenvalue weighted by Gasteiger charge is 2.04. The van der Waals surface area contributed by atoms with Gasteiger partial charge in [0.2, 0.25) is 0 Å². The molecule has 5 heteroatoms. The molecule has 0 atom stereocenters. The molecule has 0 bridgehead atoms. The summed E-state index contributed by atoms with van der Waals surface area (Å²) in [6, 6.07) is 11.1. The van der Waals surface area contributed by atoms with E-state index >= 15 is 0 Å². The zero-order chi connectivity index (χ0) is 13.7. The summed E-state index contributed by atoms with van der Waals surface area (Å²) in [5.41, 5.74) is 4.67. The third kappa shape index (κ3) is 3.72. The van der Waals surface area contributed by atoms with Crippen molar-refractivity contribution < 1.29 is 4.79 Å². The smallest absolute Gasteiger partial charge is 0.267 e. The minimum Gasteiger partial charge on any atom is -0.267 e. The lowest BCUT2D eigenvalue weighted by atomic mass is 10.1. The van der Waals surface area contributed by atoms with Gasteiger partial charge >= 0.3 is 0 Å². The van der Waals surface area contributed by atoms with Crippen molar-refractivity contribution in [3.05, 3.63) is 64.4 Å². The summed E-state index contributed by atoms with van der Waals surface area (Å²) in [6.07, 6.45) is 3.12. The van der Waals surface area contributed by atoms with Crippen LogP contribution < -0.4 is 5.43 Å². The standard InChI is InChI=1S/C14H12BrN3O/c1-10(11-4-2-6-13(15)8-11)17-18-14(19)12-5-3-7-16-9-12/h2-9H,1H3,(H,18,19). The molecule has 1 aromatic carbocycles. The zero-order valence-corrected chi connectivity index (χ0v) is 11.9. The van der Waals surface area contributed by atoms with Gasteiger partial charge in [-0.15, -0.1) is 0 Å². The number of nitrogens with zero attached hydrogens (tertiary/aromatic N) is 2. The van der Waals surface area contributed by atoms with Gasteiger partial charge in [-0.3, -0.25) is 9.78 Å². The second-order valence-corrected chi connectivity index (χ2v) is 4.81. The lowest BCUT2D eigenvalue weighted by Crippen LogP contribution is -2.19. The van der Waals surface area contributed by atoms with Crippen molar-refractivity contribution in [3.63, 3.8) is 0 Å². The molecule has 1 aromatic heterocycles. The van der Waals surface area contributed by atoms with E-state index in [2.05, 4.69) is 31.4 Å². The number of amides is 1. The van der Waals surface area contributed by atoms with Gasteiger partial charge < -0.3 is 0 Å². The number of rotatable bonds is 3. The van der Waals surface area contributed by atoms with Crippen LogP contribution in [0.4, 0.5) is 0 Å². The van der Waals surface area contributed by atoms with Gasteiger partial charge in [-0.1, -0.05) is 28.1 Å². The van der Waals surface area contributed by atoms with Crippen molar-refractivity contribution in [1.29, 1.82) is 0 Å². The van der Waals surface area contributed by atoms with E-state index in [4.69, 9.17) is 0 Å². The molecule has 0 unspecified atom stereocenters. The van der Waals surface area contributed by atoms with Crippen LogP contribution in [0.15, 0.2) is 58.4 Å². The Morgan fingerprint density at radius 1 is 1.26 bits per heavy atom. The second kappa shape index (κ2) is 6.24. The molecule has 0 spiro atoms. The van der Waals surface area contributed by atoms with E-state index in [0.29, 0.717) is 5.56 Å². The number of carbonyl (C=O) groups excluding carboxylic acids is 1. The zero-order valence-electron chi connectivity index (χ0n) is 10.3. The van der Waals surface area contributed by atoms with Gasteiger partial charge in [-0.05, 0) is 36.8 Å². The molecular weight excluding hydrogens is 306 g/mol. The Morgan fingerprint density at radius 3 is 2.74 bits per heavy atom. The van der Waals surface area contributed by atoms with Crippen LogP contribution in [0.25, 0.3) is 0 Å². The molecule has 0 aliphatic heterocycles. The number of nitrogens with one attached hydrogen (secondary N) is 1. The van der Waals surface area contributed by atoms with Crippen LogP contribution in [-0.4, -0.2) is 16.6 Å². The molecule has 4 nitrogen and oxygen atoms in total. The quantitative estimate of drug-likeness (QED) is 0.699. The summed E-state index contributed by atoms with van der Waals surface area (Å²) in [6.45, 7) is 1.84. The Balaban J connectivity index is 2.09. The van der Waals surface area contributed by atoms with Crippen molar-refractivity contribution in [2.24, 2.45) is 5.10 Å². The Hall–Kier alpha value is -2.01. The summed E-state index contributed by atoms with van der Waals surface area (Å²) in [5, 5.41) is 4.08. The molecule has 19 heavy (non-hydrogen) atoms. The average molecular weight is 318 g/mol. The fourth-order valence-electron chi connectivity index (χ4n) is 1.47. The van der Waals surface area contributed by atoms with Crippen molar-refractivity contribution >= 4 is 27.5 Å². The average Bonchev–Trinajstić information content (AvgIpc) is 2.45. The van der Waals surface area contributed by atoms with Gasteiger partial charge in [0.25, 0.3) is 5.91 Å². The lowest BCUT2D eigenvalue weighted by molar-refractivity contribution is 0.0954. The van der Waals surface area contributed by atoms with Crippen molar-refractivity contribution in [2.75, 3.05) is 0 Å². The number of hydrogen-bond donors (Lipinski definition) is 1. The van der Waals surface area contributed by atoms with Crippen molar-refractivity contribution in [1.82, 2.24) is 10.4 Å². The first-order valence-corrected chi connectivity index (χ1v) is 6.47. The predicted molar refractivity (Wildman–Crippen MR) is 78.1 cm³/mol. The van der Waals surface area contributed by atoms with Gasteiger partial charge in [0.05, 0.1) is 11.3 Å². The maximum atomic E-state index is 11.8. The number of hydrogen-bond acceptors (Lipinski definition) is 3. The Bertz CT molecular complexity index is 611.